The quantitative estimate of drug-likeness (QED) is 0.753. The topological polar surface area (TPSA) is 42.7 Å². The lowest BCUT2D eigenvalue weighted by Crippen LogP contribution is -2.21. The van der Waals surface area contributed by atoms with Crippen LogP contribution in [-0.2, 0) is 5.54 Å². The third kappa shape index (κ3) is 1.52. The number of anilines is 1. The Hall–Kier alpha value is -1.84. The van der Waals surface area contributed by atoms with Crippen LogP contribution in [0.4, 0.5) is 5.82 Å². The Bertz CT molecular complexity index is 602. The Kier molecular flexibility index (Phi) is 2.02. The molecule has 3 rings (SSSR count). The van der Waals surface area contributed by atoms with Crippen LogP contribution in [0.15, 0.2) is 18.6 Å². The fourth-order valence-electron chi connectivity index (χ4n) is 2.20. The number of hydrogen-bond donors (Lipinski definition) is 1. The van der Waals surface area contributed by atoms with E-state index in [1.54, 1.807) is 6.33 Å². The summed E-state index contributed by atoms with van der Waals surface area (Å²) < 4.78 is 2.21. The minimum Gasteiger partial charge on any atom is -0.366 e. The third-order valence-corrected chi connectivity index (χ3v) is 3.02. The average Bonchev–Trinajstić information content (AvgIpc) is 2.51. The molecule has 17 heavy (non-hydrogen) atoms. The van der Waals surface area contributed by atoms with Crippen molar-refractivity contribution in [3.63, 3.8) is 0 Å². The Balaban J connectivity index is 2.40. The molecule has 2 aromatic heterocycles. The lowest BCUT2D eigenvalue weighted by atomic mass is 10.1. The second kappa shape index (κ2) is 3.32. The molecule has 0 fully saturated rings. The molecule has 0 amide bonds. The molecule has 0 saturated carbocycles. The Morgan fingerprint density at radius 3 is 2.88 bits per heavy atom. The summed E-state index contributed by atoms with van der Waals surface area (Å²) in [6.45, 7) is 7.36. The molecule has 0 radical (unpaired) electrons. The Labute approximate surface area is 100 Å². The van der Waals surface area contributed by atoms with Gasteiger partial charge in [0.25, 0.3) is 0 Å². The van der Waals surface area contributed by atoms with Crippen molar-refractivity contribution >= 4 is 22.9 Å². The zero-order valence-electron chi connectivity index (χ0n) is 10.4. The number of rotatable bonds is 0. The van der Waals surface area contributed by atoms with Crippen molar-refractivity contribution in [1.82, 2.24) is 14.5 Å². The number of nitrogens with one attached hydrogen (secondary N) is 1. The van der Waals surface area contributed by atoms with Gasteiger partial charge in [-0.2, -0.15) is 0 Å². The summed E-state index contributed by atoms with van der Waals surface area (Å²) in [5.41, 5.74) is 2.21. The van der Waals surface area contributed by atoms with E-state index in [1.165, 1.54) is 5.56 Å². The molecule has 1 aliphatic rings. The molecule has 2 aromatic rings. The predicted molar refractivity (Wildman–Crippen MR) is 70.0 cm³/mol. The van der Waals surface area contributed by atoms with Crippen molar-refractivity contribution in [2.24, 2.45) is 0 Å². The molecule has 0 unspecified atom stereocenters. The van der Waals surface area contributed by atoms with E-state index in [-0.39, 0.29) is 5.54 Å². The van der Waals surface area contributed by atoms with Gasteiger partial charge in [-0.05, 0) is 20.8 Å². The van der Waals surface area contributed by atoms with Crippen LogP contribution in [0.2, 0.25) is 0 Å². The van der Waals surface area contributed by atoms with Gasteiger partial charge in [-0.15, -0.1) is 0 Å². The van der Waals surface area contributed by atoms with E-state index in [1.807, 2.05) is 0 Å². The van der Waals surface area contributed by atoms with Gasteiger partial charge in [0.2, 0.25) is 0 Å². The van der Waals surface area contributed by atoms with E-state index in [0.717, 1.165) is 23.4 Å². The molecule has 0 bridgehead atoms. The molecule has 3 heterocycles. The maximum Gasteiger partial charge on any atom is 0.146 e. The monoisotopic (exact) mass is 228 g/mol. The first-order chi connectivity index (χ1) is 8.07. The molecular formula is C13H16N4. The highest BCUT2D eigenvalue weighted by Crippen LogP contribution is 2.31. The molecule has 1 aliphatic heterocycles. The highest BCUT2D eigenvalue weighted by atomic mass is 15.1. The summed E-state index contributed by atoms with van der Waals surface area (Å²) in [7, 11) is 0. The first kappa shape index (κ1) is 10.3. The molecular weight excluding hydrogens is 212 g/mol. The van der Waals surface area contributed by atoms with Gasteiger partial charge in [-0.3, -0.25) is 0 Å². The number of hydrogen-bond acceptors (Lipinski definition) is 3. The van der Waals surface area contributed by atoms with Crippen LogP contribution in [0, 0.1) is 0 Å². The SMILES string of the molecule is CC(C)(C)n1cc2c3c(ncnc31)NCC=C2. The van der Waals surface area contributed by atoms with Gasteiger partial charge >= 0.3 is 0 Å². The molecule has 0 aromatic carbocycles. The number of nitrogens with zero attached hydrogens (tertiary/aromatic N) is 3. The summed E-state index contributed by atoms with van der Waals surface area (Å²) in [6, 6.07) is 0. The van der Waals surface area contributed by atoms with Crippen molar-refractivity contribution in [2.75, 3.05) is 11.9 Å². The van der Waals surface area contributed by atoms with E-state index >= 15 is 0 Å². The van der Waals surface area contributed by atoms with Gasteiger partial charge in [-0.25, -0.2) is 9.97 Å². The van der Waals surface area contributed by atoms with Crippen LogP contribution in [0.25, 0.3) is 17.1 Å². The van der Waals surface area contributed by atoms with E-state index in [2.05, 4.69) is 59.0 Å². The van der Waals surface area contributed by atoms with Crippen LogP contribution < -0.4 is 5.32 Å². The van der Waals surface area contributed by atoms with Gasteiger partial charge in [0.1, 0.15) is 17.8 Å². The molecule has 4 nitrogen and oxygen atoms in total. The van der Waals surface area contributed by atoms with Crippen molar-refractivity contribution in [3.05, 3.63) is 24.2 Å². The van der Waals surface area contributed by atoms with Crippen molar-refractivity contribution in [2.45, 2.75) is 26.3 Å². The predicted octanol–water partition coefficient (Wildman–Crippen LogP) is 2.63. The summed E-state index contributed by atoms with van der Waals surface area (Å²) in [6.07, 6.45) is 8.04. The summed E-state index contributed by atoms with van der Waals surface area (Å²) in [4.78, 5) is 8.75. The molecule has 0 spiro atoms. The van der Waals surface area contributed by atoms with Gasteiger partial charge < -0.3 is 9.88 Å². The van der Waals surface area contributed by atoms with Crippen LogP contribution in [0.5, 0.6) is 0 Å². The fraction of sp³-hybridized carbons (Fsp3) is 0.385. The lowest BCUT2D eigenvalue weighted by molar-refractivity contribution is 0.408. The lowest BCUT2D eigenvalue weighted by Gasteiger charge is -2.21. The molecule has 0 atom stereocenters. The summed E-state index contributed by atoms with van der Waals surface area (Å²) in [5.74, 6) is 0.929. The average molecular weight is 228 g/mol. The minimum absolute atomic E-state index is 0.0230. The first-order valence-electron chi connectivity index (χ1n) is 5.84. The van der Waals surface area contributed by atoms with Gasteiger partial charge in [0.05, 0.1) is 5.39 Å². The van der Waals surface area contributed by atoms with Crippen LogP contribution in [0.3, 0.4) is 0 Å². The second-order valence-electron chi connectivity index (χ2n) is 5.33. The van der Waals surface area contributed by atoms with E-state index in [0.29, 0.717) is 0 Å². The van der Waals surface area contributed by atoms with Crippen molar-refractivity contribution < 1.29 is 0 Å². The van der Waals surface area contributed by atoms with Crippen LogP contribution in [-0.4, -0.2) is 21.1 Å². The zero-order chi connectivity index (χ0) is 12.0. The number of aromatic nitrogens is 3. The largest absolute Gasteiger partial charge is 0.366 e. The maximum absolute atomic E-state index is 4.43. The fourth-order valence-corrected chi connectivity index (χ4v) is 2.20. The molecule has 1 N–H and O–H groups in total. The summed E-state index contributed by atoms with van der Waals surface area (Å²) >= 11 is 0. The molecule has 88 valence electrons. The van der Waals surface area contributed by atoms with E-state index in [9.17, 15) is 0 Å². The van der Waals surface area contributed by atoms with Crippen molar-refractivity contribution in [1.29, 1.82) is 0 Å². The zero-order valence-corrected chi connectivity index (χ0v) is 10.4. The van der Waals surface area contributed by atoms with Crippen LogP contribution in [0.1, 0.15) is 26.3 Å². The van der Waals surface area contributed by atoms with Crippen LogP contribution >= 0.6 is 0 Å². The summed E-state index contributed by atoms with van der Waals surface area (Å²) in [5, 5.41) is 4.42. The van der Waals surface area contributed by atoms with E-state index < -0.39 is 0 Å². The Morgan fingerprint density at radius 2 is 2.12 bits per heavy atom. The second-order valence-corrected chi connectivity index (χ2v) is 5.33. The molecule has 0 aliphatic carbocycles. The van der Waals surface area contributed by atoms with Gasteiger partial charge in [0, 0.05) is 23.8 Å². The minimum atomic E-state index is 0.0230. The molecule has 4 heteroatoms. The standard InChI is InChI=1S/C13H16N4/c1-13(2,3)17-7-9-5-4-6-14-11-10(9)12(17)16-8-15-11/h4-5,7-8H,6H2,1-3H3,(H,14,15,16). The highest BCUT2D eigenvalue weighted by Gasteiger charge is 2.21. The highest BCUT2D eigenvalue weighted by molar-refractivity contribution is 5.96. The first-order valence-corrected chi connectivity index (χ1v) is 5.84. The van der Waals surface area contributed by atoms with Crippen molar-refractivity contribution in [3.8, 4) is 0 Å². The van der Waals surface area contributed by atoms with Gasteiger partial charge in [-0.1, -0.05) is 12.2 Å². The smallest absolute Gasteiger partial charge is 0.146 e. The maximum atomic E-state index is 4.43. The van der Waals surface area contributed by atoms with E-state index in [4.69, 9.17) is 0 Å². The normalized spacial score (nSPS) is 14.8. The Morgan fingerprint density at radius 1 is 1.29 bits per heavy atom. The third-order valence-electron chi connectivity index (χ3n) is 3.02. The molecule has 0 saturated heterocycles. The van der Waals surface area contributed by atoms with Gasteiger partial charge in [0.15, 0.2) is 0 Å².